The van der Waals surface area contributed by atoms with E-state index in [2.05, 4.69) is 16.0 Å². The van der Waals surface area contributed by atoms with E-state index < -0.39 is 158 Å². The summed E-state index contributed by atoms with van der Waals surface area (Å²) < 4.78 is 0. The highest BCUT2D eigenvalue weighted by molar-refractivity contribution is 5.80. The first-order chi connectivity index (χ1) is 30.6. The summed E-state index contributed by atoms with van der Waals surface area (Å²) >= 11 is 0. The van der Waals surface area contributed by atoms with Gasteiger partial charge in [-0.05, 0) is 77.0 Å². The van der Waals surface area contributed by atoms with Crippen molar-refractivity contribution in [1.82, 2.24) is 16.0 Å². The number of rotatable bonds is 38. The maximum atomic E-state index is 13.6. The molecule has 0 aromatic heterocycles. The lowest BCUT2D eigenvalue weighted by Crippen LogP contribution is -2.52. The van der Waals surface area contributed by atoms with Crippen LogP contribution < -0.4 is 21.7 Å². The van der Waals surface area contributed by atoms with E-state index in [9.17, 15) is 93.6 Å². The van der Waals surface area contributed by atoms with E-state index in [1.165, 1.54) is 0 Å². The zero-order valence-electron chi connectivity index (χ0n) is 37.0. The highest BCUT2D eigenvalue weighted by atomic mass is 16.4. The van der Waals surface area contributed by atoms with Gasteiger partial charge >= 0.3 is 47.8 Å². The van der Waals surface area contributed by atoms with E-state index in [1.807, 2.05) is 0 Å². The smallest absolute Gasteiger partial charge is 0.303 e. The van der Waals surface area contributed by atoms with Crippen LogP contribution in [0.5, 0.6) is 0 Å². The molecule has 0 bridgehead atoms. The number of carbonyl (C=O) groups is 12. The van der Waals surface area contributed by atoms with Gasteiger partial charge in [0.05, 0.1) is 0 Å². The lowest BCUT2D eigenvalue weighted by Gasteiger charge is -2.37. The van der Waals surface area contributed by atoms with Gasteiger partial charge in [-0.1, -0.05) is 13.3 Å². The van der Waals surface area contributed by atoms with Gasteiger partial charge in [0.2, 0.25) is 17.7 Å². The molecule has 0 aliphatic heterocycles. The fourth-order valence-electron chi connectivity index (χ4n) is 7.47. The molecule has 25 heteroatoms. The standard InChI is InChI=1S/C40H64N4O19.CH2O2.H2/c1-2-14-38(18-6-29(48)49,19-7-30(50)51)42-26(45)3-15-37(41,16-4-27(46)43-39(20-8-31(52)53,21-9-32(54)55)22-10-33(56)57)17-5-28(47)44-40(23-11-34(58)59,24-12-35(60)61)25-13-36(62)63;2-1-3;/h2-25,41H2,1H3,(H,42,45)(H,43,46)(H,44,47)(H,48,49)(H,50,51)(H,52,53)(H,54,55)(H,56,57)(H,58,59)(H,60,61)(H,62,63);1H,(H,2,3);1H. The molecular formula is C41H68N4O21. The van der Waals surface area contributed by atoms with E-state index in [4.69, 9.17) is 15.6 Å². The molecule has 14 N–H and O–H groups in total. The second-order valence-corrected chi connectivity index (χ2v) is 16.4. The Bertz CT molecular complexity index is 1500. The van der Waals surface area contributed by atoms with Gasteiger partial charge in [-0.25, -0.2) is 0 Å². The molecule has 0 heterocycles. The number of nitrogens with two attached hydrogens (primary N) is 1. The molecule has 0 fully saturated rings. The Morgan fingerprint density at radius 1 is 0.379 bits per heavy atom. The summed E-state index contributed by atoms with van der Waals surface area (Å²) in [6.45, 7) is 1.50. The Morgan fingerprint density at radius 2 is 0.545 bits per heavy atom. The molecule has 0 saturated heterocycles. The van der Waals surface area contributed by atoms with Crippen molar-refractivity contribution < 1.29 is 105 Å². The van der Waals surface area contributed by atoms with Crippen LogP contribution in [0.4, 0.5) is 0 Å². The van der Waals surface area contributed by atoms with E-state index >= 15 is 0 Å². The molecule has 378 valence electrons. The van der Waals surface area contributed by atoms with Crippen LogP contribution in [-0.4, -0.2) is 140 Å². The van der Waals surface area contributed by atoms with E-state index in [0.29, 0.717) is 6.42 Å². The Labute approximate surface area is 381 Å². The average molecular weight is 953 g/mol. The molecular weight excluding hydrogens is 884 g/mol. The lowest BCUT2D eigenvalue weighted by atomic mass is 9.81. The number of carbonyl (C=O) groups excluding carboxylic acids is 3. The van der Waals surface area contributed by atoms with Gasteiger partial charge in [-0.15, -0.1) is 0 Å². The van der Waals surface area contributed by atoms with Crippen molar-refractivity contribution in [3.63, 3.8) is 0 Å². The Hall–Kier alpha value is -6.40. The third-order valence-electron chi connectivity index (χ3n) is 11.0. The maximum absolute atomic E-state index is 13.6. The largest absolute Gasteiger partial charge is 0.483 e. The zero-order valence-corrected chi connectivity index (χ0v) is 37.0. The fourth-order valence-corrected chi connectivity index (χ4v) is 7.47. The molecule has 66 heavy (non-hydrogen) atoms. The van der Waals surface area contributed by atoms with Crippen LogP contribution in [0.25, 0.3) is 0 Å². The third kappa shape index (κ3) is 29.9. The number of carboxylic acids is 8. The Morgan fingerprint density at radius 3 is 0.697 bits per heavy atom. The zero-order chi connectivity index (χ0) is 51.1. The number of carboxylic acid groups (broad SMARTS) is 9. The van der Waals surface area contributed by atoms with Crippen molar-refractivity contribution in [1.29, 1.82) is 0 Å². The molecule has 0 aliphatic carbocycles. The SMILES string of the molecule is CCCC(CCC(=O)O)(CCC(=O)O)NC(=O)CCC(N)(CCC(=O)NC(CCC(=O)O)(CCC(=O)O)CCC(=O)O)CCC(=O)NC(CCC(=O)O)(CCC(=O)O)CCC(=O)O.O=CO.[HH]. The first-order valence-electron chi connectivity index (χ1n) is 21.2. The average Bonchev–Trinajstić information content (AvgIpc) is 3.21. The normalized spacial score (nSPS) is 11.5. The summed E-state index contributed by atoms with van der Waals surface area (Å²) in [5, 5.41) is 89.8. The number of amides is 3. The van der Waals surface area contributed by atoms with Gasteiger partial charge in [0.1, 0.15) is 0 Å². The minimum atomic E-state index is -1.60. The van der Waals surface area contributed by atoms with Gasteiger partial charge < -0.3 is 67.6 Å². The first-order valence-corrected chi connectivity index (χ1v) is 21.2. The first kappa shape index (κ1) is 61.7. The van der Waals surface area contributed by atoms with Crippen molar-refractivity contribution in [3.8, 4) is 0 Å². The number of hydrogen-bond donors (Lipinski definition) is 13. The van der Waals surface area contributed by atoms with Crippen molar-refractivity contribution >= 4 is 71.9 Å². The maximum Gasteiger partial charge on any atom is 0.303 e. The molecule has 0 unspecified atom stereocenters. The molecule has 0 radical (unpaired) electrons. The number of nitrogens with one attached hydrogen (secondary N) is 3. The molecule has 0 spiro atoms. The van der Waals surface area contributed by atoms with E-state index in [0.717, 1.165) is 0 Å². The molecule has 0 saturated carbocycles. The summed E-state index contributed by atoms with van der Waals surface area (Å²) in [6.07, 6.45) is -7.94. The molecule has 0 aromatic carbocycles. The molecule has 0 atom stereocenters. The highest BCUT2D eigenvalue weighted by Crippen LogP contribution is 2.31. The Balaban J connectivity index is -0.00000994. The molecule has 3 amide bonds. The molecule has 0 rings (SSSR count). The van der Waals surface area contributed by atoms with E-state index in [-0.39, 0.29) is 84.9 Å². The molecule has 0 aromatic rings. The van der Waals surface area contributed by atoms with Crippen molar-refractivity contribution in [3.05, 3.63) is 0 Å². The monoisotopic (exact) mass is 952 g/mol. The van der Waals surface area contributed by atoms with Gasteiger partial charge in [0.25, 0.3) is 6.47 Å². The van der Waals surface area contributed by atoms with Gasteiger partial charge in [-0.2, -0.15) is 0 Å². The quantitative estimate of drug-likeness (QED) is 0.0395. The van der Waals surface area contributed by atoms with Crippen LogP contribution in [0, 0.1) is 0 Å². The topological polar surface area (TPSA) is 449 Å². The van der Waals surface area contributed by atoms with Crippen LogP contribution in [-0.2, 0) is 57.5 Å². The summed E-state index contributed by atoms with van der Waals surface area (Å²) in [4.78, 5) is 141. The van der Waals surface area contributed by atoms with Crippen molar-refractivity contribution in [2.45, 2.75) is 183 Å². The fraction of sp³-hybridized carbons (Fsp3) is 0.707. The minimum Gasteiger partial charge on any atom is -0.483 e. The van der Waals surface area contributed by atoms with Gasteiger partial charge in [0, 0.05) is 94.2 Å². The summed E-state index contributed by atoms with van der Waals surface area (Å²) in [5.74, 6) is -12.5. The van der Waals surface area contributed by atoms with Crippen LogP contribution >= 0.6 is 0 Å². The van der Waals surface area contributed by atoms with Crippen LogP contribution in [0.1, 0.15) is 162 Å². The summed E-state index contributed by atoms with van der Waals surface area (Å²) in [7, 11) is 0. The minimum absolute atomic E-state index is 0. The van der Waals surface area contributed by atoms with Crippen LogP contribution in [0.3, 0.4) is 0 Å². The van der Waals surface area contributed by atoms with Crippen LogP contribution in [0.15, 0.2) is 0 Å². The molecule has 0 aliphatic rings. The van der Waals surface area contributed by atoms with Gasteiger partial charge in [-0.3, -0.25) is 57.5 Å². The van der Waals surface area contributed by atoms with Crippen molar-refractivity contribution in [2.24, 2.45) is 5.73 Å². The lowest BCUT2D eigenvalue weighted by molar-refractivity contribution is -0.141. The van der Waals surface area contributed by atoms with Crippen LogP contribution in [0.2, 0.25) is 0 Å². The van der Waals surface area contributed by atoms with Crippen molar-refractivity contribution in [2.75, 3.05) is 0 Å². The summed E-state index contributed by atoms with van der Waals surface area (Å²) in [6, 6.07) is 0. The number of hydrogen-bond acceptors (Lipinski definition) is 13. The highest BCUT2D eigenvalue weighted by Gasteiger charge is 2.38. The second-order valence-electron chi connectivity index (χ2n) is 16.4. The van der Waals surface area contributed by atoms with Gasteiger partial charge in [0.15, 0.2) is 0 Å². The second kappa shape index (κ2) is 31.5. The molecule has 25 nitrogen and oxygen atoms in total. The summed E-state index contributed by atoms with van der Waals surface area (Å²) in [5.41, 5.74) is 0.792. The predicted molar refractivity (Wildman–Crippen MR) is 228 cm³/mol. The Kier molecular flexibility index (Phi) is 29.4. The predicted octanol–water partition coefficient (Wildman–Crippen LogP) is 2.25. The van der Waals surface area contributed by atoms with E-state index in [1.54, 1.807) is 6.92 Å². The number of aliphatic carboxylic acids is 8. The third-order valence-corrected chi connectivity index (χ3v) is 11.0.